The van der Waals surface area contributed by atoms with Gasteiger partial charge in [0.25, 0.3) is 0 Å². The summed E-state index contributed by atoms with van der Waals surface area (Å²) in [6.07, 6.45) is 0.452. The lowest BCUT2D eigenvalue weighted by Crippen LogP contribution is -2.44. The van der Waals surface area contributed by atoms with Crippen LogP contribution in [0.5, 0.6) is 28.9 Å². The molecule has 0 saturated heterocycles. The van der Waals surface area contributed by atoms with Crippen molar-refractivity contribution in [3.63, 3.8) is 0 Å². The van der Waals surface area contributed by atoms with Crippen molar-refractivity contribution < 1.29 is 34.0 Å². The van der Waals surface area contributed by atoms with Gasteiger partial charge < -0.3 is 24.4 Å². The topological polar surface area (TPSA) is 135 Å². The number of ether oxygens (including phenoxy) is 3. The summed E-state index contributed by atoms with van der Waals surface area (Å²) in [6, 6.07) is 14.1. The molecule has 0 aliphatic carbocycles. The fourth-order valence-electron chi connectivity index (χ4n) is 6.00. The van der Waals surface area contributed by atoms with Gasteiger partial charge in [0.15, 0.2) is 5.78 Å². The van der Waals surface area contributed by atoms with E-state index in [-0.39, 0.29) is 41.1 Å². The zero-order valence-corrected chi connectivity index (χ0v) is 31.3. The lowest BCUT2D eigenvalue weighted by Gasteiger charge is -2.36. The second kappa shape index (κ2) is 13.0. The number of hydrogen-bond acceptors (Lipinski definition) is 9. The van der Waals surface area contributed by atoms with Gasteiger partial charge in [-0.25, -0.2) is 4.79 Å². The van der Waals surface area contributed by atoms with Crippen LogP contribution in [0.3, 0.4) is 0 Å². The van der Waals surface area contributed by atoms with E-state index in [9.17, 15) is 24.6 Å². The molecule has 0 radical (unpaired) electrons. The Kier molecular flexibility index (Phi) is 9.51. The normalized spacial score (nSPS) is 16.5. The summed E-state index contributed by atoms with van der Waals surface area (Å²) in [7, 11) is 0. The van der Waals surface area contributed by atoms with E-state index >= 15 is 0 Å². The van der Waals surface area contributed by atoms with Crippen molar-refractivity contribution in [2.45, 2.75) is 104 Å². The van der Waals surface area contributed by atoms with Crippen LogP contribution in [0.2, 0.25) is 0 Å². The molecule has 1 aromatic heterocycles. The number of Topliss-reactive ketones (excluding diaryl/α,β-unsaturated/α-hetero) is 1. The van der Waals surface area contributed by atoms with E-state index in [1.807, 2.05) is 81.4 Å². The molecule has 0 fully saturated rings. The fraction of sp³-hybridized carbons (Fsp3) is 0.425. The van der Waals surface area contributed by atoms with Crippen LogP contribution in [0.15, 0.2) is 53.3 Å². The number of rotatable bonds is 7. The Morgan fingerprint density at radius 3 is 1.98 bits per heavy atom. The number of aromatic amines is 1. The number of ketones is 1. The number of benzene rings is 3. The number of thiazole rings is 1. The van der Waals surface area contributed by atoms with Gasteiger partial charge in [-0.15, -0.1) is 0 Å². The average molecular weight is 702 g/mol. The first kappa shape index (κ1) is 36.7. The van der Waals surface area contributed by atoms with Crippen LogP contribution < -0.4 is 19.1 Å². The Balaban J connectivity index is 1.38. The van der Waals surface area contributed by atoms with Gasteiger partial charge in [-0.1, -0.05) is 85.8 Å². The van der Waals surface area contributed by atoms with Crippen LogP contribution in [0.1, 0.15) is 124 Å². The van der Waals surface area contributed by atoms with Crippen molar-refractivity contribution in [1.29, 1.82) is 0 Å². The first-order valence-corrected chi connectivity index (χ1v) is 17.5. The van der Waals surface area contributed by atoms with E-state index in [0.29, 0.717) is 50.6 Å². The average Bonchev–Trinajstić information content (AvgIpc) is 3.30. The molecular formula is C40H47NO8S. The fourth-order valence-corrected chi connectivity index (χ4v) is 6.76. The molecule has 0 spiro atoms. The van der Waals surface area contributed by atoms with Crippen LogP contribution in [-0.2, 0) is 22.7 Å². The zero-order valence-electron chi connectivity index (χ0n) is 30.5. The molecule has 1 unspecified atom stereocenters. The van der Waals surface area contributed by atoms with Crippen molar-refractivity contribution in [2.75, 3.05) is 6.61 Å². The summed E-state index contributed by atoms with van der Waals surface area (Å²) in [5, 5.41) is 21.0. The third kappa shape index (κ3) is 7.91. The van der Waals surface area contributed by atoms with Gasteiger partial charge >= 0.3 is 10.8 Å². The van der Waals surface area contributed by atoms with Gasteiger partial charge in [0, 0.05) is 23.1 Å². The number of hydrogen-bond donors (Lipinski definition) is 3. The molecule has 266 valence electrons. The number of carbonyl (C=O) groups is 2. The van der Waals surface area contributed by atoms with Crippen LogP contribution in [0, 0.1) is 0 Å². The lowest BCUT2D eigenvalue weighted by molar-refractivity contribution is 0.0187. The molecule has 0 amide bonds. The molecule has 0 saturated carbocycles. The number of fused-ring (bicyclic) bond motifs is 1. The first-order valence-electron chi connectivity index (χ1n) is 16.7. The molecule has 1 aliphatic rings. The van der Waals surface area contributed by atoms with E-state index in [0.717, 1.165) is 16.9 Å². The molecular weight excluding hydrogens is 655 g/mol. The van der Waals surface area contributed by atoms with Gasteiger partial charge in [0.05, 0.1) is 22.4 Å². The van der Waals surface area contributed by atoms with Crippen molar-refractivity contribution >= 4 is 23.1 Å². The maximum atomic E-state index is 13.8. The summed E-state index contributed by atoms with van der Waals surface area (Å²) >= 11 is 0.970. The van der Waals surface area contributed by atoms with Gasteiger partial charge in [-0.05, 0) is 65.1 Å². The zero-order chi connectivity index (χ0) is 37.0. The molecule has 1 atom stereocenters. The Bertz CT molecular complexity index is 1970. The van der Waals surface area contributed by atoms with Crippen molar-refractivity contribution in [3.8, 4) is 28.9 Å². The Morgan fingerprint density at radius 1 is 0.880 bits per heavy atom. The predicted molar refractivity (Wildman–Crippen MR) is 195 cm³/mol. The molecule has 10 heteroatoms. The summed E-state index contributed by atoms with van der Waals surface area (Å²) < 4.78 is 18.6. The Hall–Kier alpha value is -4.57. The smallest absolute Gasteiger partial charge is 0.343 e. The first-order chi connectivity index (χ1) is 23.0. The summed E-state index contributed by atoms with van der Waals surface area (Å²) in [4.78, 5) is 41.6. The number of H-pyrrole nitrogens is 1. The van der Waals surface area contributed by atoms with E-state index in [2.05, 4.69) is 4.98 Å². The second-order valence-electron chi connectivity index (χ2n) is 16.5. The summed E-state index contributed by atoms with van der Waals surface area (Å²) in [5.74, 6) is 0.569. The third-order valence-electron chi connectivity index (χ3n) is 8.78. The quantitative estimate of drug-likeness (QED) is 0.129. The van der Waals surface area contributed by atoms with Crippen molar-refractivity contribution in [2.24, 2.45) is 0 Å². The van der Waals surface area contributed by atoms with Gasteiger partial charge in [0.2, 0.25) is 5.88 Å². The minimum Gasteiger partial charge on any atom is -0.507 e. The van der Waals surface area contributed by atoms with Crippen LogP contribution in [-0.4, -0.2) is 39.2 Å². The highest BCUT2D eigenvalue weighted by atomic mass is 32.1. The predicted octanol–water partition coefficient (Wildman–Crippen LogP) is 8.35. The SMILES string of the molecule is CC1(COc2ccc(Cc3sc(=O)[nH]c3O)cc2)CC(=O)c2cc(OC(=O)c3cc(C(C)(C)C)c(O)c(C(C)(C)C)c3)c(C(C)(C)C)cc2O1. The number of aromatic hydroxyl groups is 2. The van der Waals surface area contributed by atoms with Gasteiger partial charge in [0.1, 0.15) is 35.2 Å². The minimum absolute atomic E-state index is 0.0495. The van der Waals surface area contributed by atoms with Crippen molar-refractivity contribution in [1.82, 2.24) is 4.98 Å². The number of phenolic OH excluding ortho intramolecular Hbond substituents is 1. The number of esters is 1. The molecule has 2 heterocycles. The number of aromatic nitrogens is 1. The van der Waals surface area contributed by atoms with E-state index < -0.39 is 27.8 Å². The standard InChI is InChI=1S/C40H47NO8S/c1-37(2,3)26-19-30-25(18-31(26)48-35(45)23-16-27(38(4,5)6)33(43)28(17-23)39(7,8)9)29(42)20-40(10,49-30)21-47-24-13-11-22(12-14-24)15-32-34(44)41-36(46)50-32/h11-14,16-19,43-44H,15,20-21H2,1-10H3,(H,41,46). The molecule has 5 rings (SSSR count). The lowest BCUT2D eigenvalue weighted by atomic mass is 9.78. The van der Waals surface area contributed by atoms with Gasteiger partial charge in [-0.2, -0.15) is 0 Å². The largest absolute Gasteiger partial charge is 0.507 e. The monoisotopic (exact) mass is 701 g/mol. The van der Waals surface area contributed by atoms with E-state index in [1.54, 1.807) is 36.4 Å². The minimum atomic E-state index is -0.960. The molecule has 3 aromatic carbocycles. The van der Waals surface area contributed by atoms with Crippen molar-refractivity contribution in [3.05, 3.63) is 96.5 Å². The molecule has 0 bridgehead atoms. The maximum Gasteiger partial charge on any atom is 0.343 e. The summed E-state index contributed by atoms with van der Waals surface area (Å²) in [6.45, 7) is 19.8. The second-order valence-corrected chi connectivity index (χ2v) is 17.5. The Labute approximate surface area is 297 Å². The molecule has 4 aromatic rings. The molecule has 9 nitrogen and oxygen atoms in total. The highest BCUT2D eigenvalue weighted by Crippen LogP contribution is 2.43. The van der Waals surface area contributed by atoms with Gasteiger partial charge in [-0.3, -0.25) is 14.6 Å². The number of carbonyl (C=O) groups excluding carboxylic acids is 2. The van der Waals surface area contributed by atoms with E-state index in [1.165, 1.54) is 0 Å². The molecule has 50 heavy (non-hydrogen) atoms. The van der Waals surface area contributed by atoms with E-state index in [4.69, 9.17) is 14.2 Å². The highest BCUT2D eigenvalue weighted by Gasteiger charge is 2.39. The summed E-state index contributed by atoms with van der Waals surface area (Å²) in [5.41, 5.74) is 1.25. The third-order valence-corrected chi connectivity index (χ3v) is 9.65. The highest BCUT2D eigenvalue weighted by molar-refractivity contribution is 7.09. The number of phenols is 1. The molecule has 3 N–H and O–H groups in total. The van der Waals surface area contributed by atoms with Crippen LogP contribution in [0.4, 0.5) is 0 Å². The molecule has 1 aliphatic heterocycles. The Morgan fingerprint density at radius 2 is 1.46 bits per heavy atom. The van der Waals surface area contributed by atoms with Crippen LogP contribution >= 0.6 is 11.3 Å². The number of nitrogens with one attached hydrogen (secondary N) is 1. The maximum absolute atomic E-state index is 13.8. The van der Waals surface area contributed by atoms with Crippen LogP contribution in [0.25, 0.3) is 0 Å².